The van der Waals surface area contributed by atoms with Gasteiger partial charge in [0.1, 0.15) is 18.5 Å². The lowest BCUT2D eigenvalue weighted by Gasteiger charge is -2.34. The van der Waals surface area contributed by atoms with Gasteiger partial charge in [0.05, 0.1) is 0 Å². The number of likely N-dealkylation sites (tertiary alicyclic amines) is 1. The lowest BCUT2D eigenvalue weighted by atomic mass is 9.94. The second kappa shape index (κ2) is 8.29. The lowest BCUT2D eigenvalue weighted by Crippen LogP contribution is -2.44. The van der Waals surface area contributed by atoms with Crippen molar-refractivity contribution in [1.29, 1.82) is 0 Å². The van der Waals surface area contributed by atoms with Crippen LogP contribution in [0.5, 0.6) is 0 Å². The Balaban J connectivity index is 1.26. The molecule has 0 amide bonds. The van der Waals surface area contributed by atoms with Crippen molar-refractivity contribution in [3.05, 3.63) is 71.8 Å². The van der Waals surface area contributed by atoms with Crippen LogP contribution in [0.1, 0.15) is 30.1 Å². The SMILES string of the molecule is OC(c1ccccc1)C1NOC(C2CCN(Cc3ccccc3)CC2)N1. The van der Waals surface area contributed by atoms with Crippen molar-refractivity contribution < 1.29 is 9.94 Å². The molecule has 2 aromatic rings. The number of nitrogens with zero attached hydrogens (tertiary/aromatic N) is 1. The highest BCUT2D eigenvalue weighted by molar-refractivity contribution is 5.19. The minimum atomic E-state index is -0.626. The van der Waals surface area contributed by atoms with Gasteiger partial charge in [-0.05, 0) is 37.1 Å². The topological polar surface area (TPSA) is 56.8 Å². The smallest absolute Gasteiger partial charge is 0.133 e. The van der Waals surface area contributed by atoms with Crippen LogP contribution in [0, 0.1) is 5.92 Å². The Hall–Kier alpha value is -1.76. The Morgan fingerprint density at radius 3 is 2.35 bits per heavy atom. The van der Waals surface area contributed by atoms with Gasteiger partial charge in [0.2, 0.25) is 0 Å². The van der Waals surface area contributed by atoms with Crippen LogP contribution in [-0.2, 0) is 11.4 Å². The normalized spacial score (nSPS) is 26.0. The molecule has 0 aliphatic carbocycles. The Morgan fingerprint density at radius 2 is 1.65 bits per heavy atom. The van der Waals surface area contributed by atoms with E-state index in [0.717, 1.165) is 38.0 Å². The van der Waals surface area contributed by atoms with Gasteiger partial charge >= 0.3 is 0 Å². The molecule has 2 aliphatic rings. The van der Waals surface area contributed by atoms with E-state index < -0.39 is 6.10 Å². The highest BCUT2D eigenvalue weighted by atomic mass is 16.7. The number of rotatable bonds is 5. The fourth-order valence-corrected chi connectivity index (χ4v) is 3.88. The van der Waals surface area contributed by atoms with E-state index in [4.69, 9.17) is 4.84 Å². The van der Waals surface area contributed by atoms with Gasteiger partial charge in [-0.2, -0.15) is 5.48 Å². The van der Waals surface area contributed by atoms with Crippen LogP contribution >= 0.6 is 0 Å². The molecule has 2 fully saturated rings. The summed E-state index contributed by atoms with van der Waals surface area (Å²) in [6.07, 6.45) is 1.25. The van der Waals surface area contributed by atoms with E-state index >= 15 is 0 Å². The first kappa shape index (κ1) is 17.6. The number of aliphatic hydroxyl groups is 1. The van der Waals surface area contributed by atoms with E-state index in [9.17, 15) is 5.11 Å². The molecule has 2 saturated heterocycles. The standard InChI is InChI=1S/C21H27N3O2/c25-19(17-9-5-2-6-10-17)20-22-21(26-23-20)18-11-13-24(14-12-18)15-16-7-3-1-4-8-16/h1-10,18-23,25H,11-15H2. The van der Waals surface area contributed by atoms with Gasteiger partial charge in [-0.3, -0.25) is 15.1 Å². The summed E-state index contributed by atoms with van der Waals surface area (Å²) in [6, 6.07) is 20.3. The summed E-state index contributed by atoms with van der Waals surface area (Å²) >= 11 is 0. The first-order valence-corrected chi connectivity index (χ1v) is 9.46. The molecule has 0 bridgehead atoms. The van der Waals surface area contributed by atoms with E-state index in [1.807, 2.05) is 30.3 Å². The van der Waals surface area contributed by atoms with E-state index in [-0.39, 0.29) is 12.4 Å². The summed E-state index contributed by atoms with van der Waals surface area (Å²) in [5.74, 6) is 0.461. The molecule has 3 unspecified atom stereocenters. The lowest BCUT2D eigenvalue weighted by molar-refractivity contribution is -0.0333. The monoisotopic (exact) mass is 353 g/mol. The van der Waals surface area contributed by atoms with E-state index in [1.54, 1.807) is 0 Å². The molecule has 5 heteroatoms. The molecular weight excluding hydrogens is 326 g/mol. The Bertz CT molecular complexity index is 674. The zero-order chi connectivity index (χ0) is 17.8. The van der Waals surface area contributed by atoms with Crippen LogP contribution in [0.3, 0.4) is 0 Å². The van der Waals surface area contributed by atoms with Crippen molar-refractivity contribution in [2.45, 2.75) is 37.9 Å². The number of benzene rings is 2. The van der Waals surface area contributed by atoms with E-state index in [1.165, 1.54) is 5.56 Å². The fraction of sp³-hybridized carbons (Fsp3) is 0.429. The van der Waals surface area contributed by atoms with Gasteiger partial charge in [-0.1, -0.05) is 60.7 Å². The number of hydrogen-bond acceptors (Lipinski definition) is 5. The quantitative estimate of drug-likeness (QED) is 0.771. The van der Waals surface area contributed by atoms with E-state index in [2.05, 4.69) is 46.0 Å². The predicted octanol–water partition coefficient (Wildman–Crippen LogP) is 2.41. The van der Waals surface area contributed by atoms with Crippen LogP contribution in [0.15, 0.2) is 60.7 Å². The molecule has 0 aromatic heterocycles. The molecule has 2 aromatic carbocycles. The van der Waals surface area contributed by atoms with Crippen LogP contribution in [0.2, 0.25) is 0 Å². The molecule has 5 nitrogen and oxygen atoms in total. The molecule has 2 aliphatic heterocycles. The van der Waals surface area contributed by atoms with Crippen LogP contribution in [0.4, 0.5) is 0 Å². The van der Waals surface area contributed by atoms with Crippen molar-refractivity contribution in [2.75, 3.05) is 13.1 Å². The number of aliphatic hydroxyl groups excluding tert-OH is 1. The highest BCUT2D eigenvalue weighted by Crippen LogP contribution is 2.26. The second-order valence-corrected chi connectivity index (χ2v) is 7.26. The summed E-state index contributed by atoms with van der Waals surface area (Å²) in [6.45, 7) is 3.17. The zero-order valence-corrected chi connectivity index (χ0v) is 14.9. The van der Waals surface area contributed by atoms with Crippen molar-refractivity contribution in [2.24, 2.45) is 5.92 Å². The highest BCUT2D eigenvalue weighted by Gasteiger charge is 2.36. The maximum atomic E-state index is 10.5. The molecule has 0 spiro atoms. The van der Waals surface area contributed by atoms with Gasteiger partial charge in [-0.25, -0.2) is 0 Å². The van der Waals surface area contributed by atoms with Crippen molar-refractivity contribution >= 4 is 0 Å². The molecule has 26 heavy (non-hydrogen) atoms. The number of hydrogen-bond donors (Lipinski definition) is 3. The Labute approximate surface area is 154 Å². The maximum absolute atomic E-state index is 10.5. The van der Waals surface area contributed by atoms with Crippen LogP contribution in [-0.4, -0.2) is 35.5 Å². The third-order valence-electron chi connectivity index (χ3n) is 5.43. The third kappa shape index (κ3) is 4.14. The summed E-state index contributed by atoms with van der Waals surface area (Å²) in [4.78, 5) is 8.27. The van der Waals surface area contributed by atoms with Crippen molar-refractivity contribution in [3.63, 3.8) is 0 Å². The first-order chi connectivity index (χ1) is 12.8. The molecule has 138 valence electrons. The Kier molecular flexibility index (Phi) is 5.62. The number of nitrogens with one attached hydrogen (secondary N) is 2. The summed E-state index contributed by atoms with van der Waals surface area (Å²) in [5, 5.41) is 14.0. The van der Waals surface area contributed by atoms with Gasteiger partial charge in [0, 0.05) is 12.5 Å². The average Bonchev–Trinajstić information content (AvgIpc) is 3.20. The van der Waals surface area contributed by atoms with Gasteiger partial charge < -0.3 is 5.11 Å². The van der Waals surface area contributed by atoms with Crippen LogP contribution in [0.25, 0.3) is 0 Å². The zero-order valence-electron chi connectivity index (χ0n) is 14.9. The minimum Gasteiger partial charge on any atom is -0.385 e. The number of hydroxylamine groups is 1. The van der Waals surface area contributed by atoms with Crippen molar-refractivity contribution in [3.8, 4) is 0 Å². The minimum absolute atomic E-state index is 0.0442. The average molecular weight is 353 g/mol. The van der Waals surface area contributed by atoms with Gasteiger partial charge in [0.15, 0.2) is 0 Å². The summed E-state index contributed by atoms with van der Waals surface area (Å²) < 4.78 is 0. The number of piperidine rings is 1. The fourth-order valence-electron chi connectivity index (χ4n) is 3.88. The van der Waals surface area contributed by atoms with Crippen molar-refractivity contribution in [1.82, 2.24) is 15.7 Å². The summed E-state index contributed by atoms with van der Waals surface area (Å²) in [7, 11) is 0. The molecule has 3 atom stereocenters. The largest absolute Gasteiger partial charge is 0.385 e. The molecule has 2 heterocycles. The molecule has 4 rings (SSSR count). The van der Waals surface area contributed by atoms with Gasteiger partial charge in [0.25, 0.3) is 0 Å². The molecule has 0 saturated carbocycles. The van der Waals surface area contributed by atoms with Crippen LogP contribution < -0.4 is 10.8 Å². The predicted molar refractivity (Wildman–Crippen MR) is 101 cm³/mol. The molecule has 3 N–H and O–H groups in total. The molecular formula is C21H27N3O2. The summed E-state index contributed by atoms with van der Waals surface area (Å²) in [5.41, 5.74) is 5.24. The first-order valence-electron chi connectivity index (χ1n) is 9.46. The molecule has 0 radical (unpaired) electrons. The third-order valence-corrected chi connectivity index (χ3v) is 5.43. The van der Waals surface area contributed by atoms with Gasteiger partial charge in [-0.15, -0.1) is 0 Å². The van der Waals surface area contributed by atoms with E-state index in [0.29, 0.717) is 5.92 Å². The Morgan fingerprint density at radius 1 is 1.00 bits per heavy atom. The second-order valence-electron chi connectivity index (χ2n) is 7.26. The maximum Gasteiger partial charge on any atom is 0.133 e.